The Bertz CT molecular complexity index is 126. The Morgan fingerprint density at radius 1 is 1.27 bits per heavy atom. The lowest BCUT2D eigenvalue weighted by atomic mass is 10.4. The van der Waals surface area contributed by atoms with Crippen LogP contribution in [0.15, 0.2) is 0 Å². The summed E-state index contributed by atoms with van der Waals surface area (Å²) >= 11 is 0. The second kappa shape index (κ2) is 5.62. The number of hydrogen-bond donors (Lipinski definition) is 4. The molecule has 6 N–H and O–H groups in total. The summed E-state index contributed by atoms with van der Waals surface area (Å²) < 4.78 is 13.9. The highest BCUT2D eigenvalue weighted by atomic mass is 31.2. The zero-order chi connectivity index (χ0) is 8.20. The molecule has 0 aromatic carbocycles. The predicted molar refractivity (Wildman–Crippen MR) is 34.7 cm³/mol. The number of rotatable bonds is 4. The van der Waals surface area contributed by atoms with Crippen molar-refractivity contribution in [3.63, 3.8) is 0 Å². The molecule has 0 aromatic rings. The minimum absolute atomic E-state index is 0. The van der Waals surface area contributed by atoms with E-state index >= 15 is 0 Å². The molecule has 0 rings (SSSR count). The van der Waals surface area contributed by atoms with Gasteiger partial charge in [-0.15, -0.1) is 0 Å². The summed E-state index contributed by atoms with van der Waals surface area (Å²) in [6, 6.07) is 0. The van der Waals surface area contributed by atoms with Gasteiger partial charge in [0.1, 0.15) is 6.10 Å². The van der Waals surface area contributed by atoms with Crippen LogP contribution in [0.1, 0.15) is 0 Å². The molecule has 0 radical (unpaired) electrons. The van der Waals surface area contributed by atoms with Gasteiger partial charge in [0.25, 0.3) is 0 Å². The molecule has 0 aliphatic rings. The largest absolute Gasteiger partial charge is 0.470 e. The highest BCUT2D eigenvalue weighted by molar-refractivity contribution is 7.46. The Labute approximate surface area is 62.8 Å². The summed E-state index contributed by atoms with van der Waals surface area (Å²) in [7, 11) is -4.57. The Kier molecular flexibility index (Phi) is 6.93. The fourth-order valence-corrected chi connectivity index (χ4v) is 0.840. The zero-order valence-corrected chi connectivity index (χ0v) is 6.44. The number of phosphoric acid groups is 1. The monoisotopic (exact) mass is 190 g/mol. The Balaban J connectivity index is 0. The molecule has 70 valence electrons. The molecule has 0 amide bonds. The molecule has 7 nitrogen and oxygen atoms in total. The number of aliphatic hydroxyl groups is 2. The number of hydrogen-bond acceptors (Lipinski definition) is 4. The quantitative estimate of drug-likeness (QED) is 0.365. The Hall–Kier alpha value is -0.0100. The highest BCUT2D eigenvalue weighted by Gasteiger charge is 2.20. The van der Waals surface area contributed by atoms with Crippen molar-refractivity contribution in [1.29, 1.82) is 0 Å². The SMILES string of the molecule is O.O=P(O)(O)OC(CO)CO. The van der Waals surface area contributed by atoms with Crippen molar-refractivity contribution in [2.24, 2.45) is 0 Å². The van der Waals surface area contributed by atoms with Gasteiger partial charge in [0.15, 0.2) is 0 Å². The van der Waals surface area contributed by atoms with Crippen molar-refractivity contribution in [2.45, 2.75) is 6.10 Å². The maximum atomic E-state index is 10.0. The minimum atomic E-state index is -4.57. The molecule has 0 aliphatic heterocycles. The molecule has 0 spiro atoms. The summed E-state index contributed by atoms with van der Waals surface area (Å²) in [6.07, 6.45) is -1.21. The zero-order valence-electron chi connectivity index (χ0n) is 5.54. The van der Waals surface area contributed by atoms with E-state index in [4.69, 9.17) is 20.0 Å². The van der Waals surface area contributed by atoms with Crippen LogP contribution in [0.5, 0.6) is 0 Å². The maximum Gasteiger partial charge on any atom is 0.470 e. The molecule has 0 bridgehead atoms. The van der Waals surface area contributed by atoms with E-state index in [1.165, 1.54) is 0 Å². The molecule has 0 atom stereocenters. The summed E-state index contributed by atoms with van der Waals surface area (Å²) in [5.74, 6) is 0. The van der Waals surface area contributed by atoms with E-state index in [-0.39, 0.29) is 5.48 Å². The lowest BCUT2D eigenvalue weighted by Crippen LogP contribution is -2.20. The van der Waals surface area contributed by atoms with Gasteiger partial charge < -0.3 is 25.5 Å². The first kappa shape index (κ1) is 13.6. The highest BCUT2D eigenvalue weighted by Crippen LogP contribution is 2.37. The van der Waals surface area contributed by atoms with Crippen LogP contribution in [0.4, 0.5) is 0 Å². The topological polar surface area (TPSA) is 139 Å². The van der Waals surface area contributed by atoms with Crippen LogP contribution in [0.25, 0.3) is 0 Å². The van der Waals surface area contributed by atoms with Crippen molar-refractivity contribution in [1.82, 2.24) is 0 Å². The van der Waals surface area contributed by atoms with Gasteiger partial charge in [0.2, 0.25) is 0 Å². The van der Waals surface area contributed by atoms with Crippen LogP contribution in [0, 0.1) is 0 Å². The van der Waals surface area contributed by atoms with Crippen LogP contribution in [0.2, 0.25) is 0 Å². The number of aliphatic hydroxyl groups excluding tert-OH is 2. The standard InChI is InChI=1S/C3H9O6P.H2O/c4-1-3(2-5)9-10(6,7)8;/h3-5H,1-2H2,(H2,6,7,8);1H2. The molecule has 0 unspecified atom stereocenters. The maximum absolute atomic E-state index is 10.0. The van der Waals surface area contributed by atoms with Gasteiger partial charge in [-0.05, 0) is 0 Å². The van der Waals surface area contributed by atoms with Gasteiger partial charge >= 0.3 is 7.82 Å². The van der Waals surface area contributed by atoms with Gasteiger partial charge in [-0.1, -0.05) is 0 Å². The van der Waals surface area contributed by atoms with Crippen LogP contribution >= 0.6 is 7.82 Å². The average molecular weight is 190 g/mol. The molecule has 0 aromatic heterocycles. The van der Waals surface area contributed by atoms with Crippen molar-refractivity contribution in [2.75, 3.05) is 13.2 Å². The van der Waals surface area contributed by atoms with E-state index in [2.05, 4.69) is 4.52 Å². The molecular formula is C3H11O7P. The third-order valence-corrected chi connectivity index (χ3v) is 1.27. The van der Waals surface area contributed by atoms with E-state index < -0.39 is 27.1 Å². The Morgan fingerprint density at radius 2 is 1.64 bits per heavy atom. The van der Waals surface area contributed by atoms with Gasteiger partial charge in [-0.2, -0.15) is 0 Å². The fraction of sp³-hybridized carbons (Fsp3) is 1.00. The van der Waals surface area contributed by atoms with E-state index in [0.29, 0.717) is 0 Å². The summed E-state index contributed by atoms with van der Waals surface area (Å²) in [5.41, 5.74) is 0. The van der Waals surface area contributed by atoms with Gasteiger partial charge in [-0.3, -0.25) is 4.52 Å². The molecule has 0 fully saturated rings. The van der Waals surface area contributed by atoms with Crippen LogP contribution in [0.3, 0.4) is 0 Å². The molecule has 0 saturated heterocycles. The van der Waals surface area contributed by atoms with Gasteiger partial charge in [0, 0.05) is 0 Å². The van der Waals surface area contributed by atoms with E-state index in [0.717, 1.165) is 0 Å². The third kappa shape index (κ3) is 7.89. The lowest BCUT2D eigenvalue weighted by molar-refractivity contribution is 0.0391. The molecule has 0 heterocycles. The summed E-state index contributed by atoms with van der Waals surface area (Å²) in [5, 5.41) is 16.5. The second-order valence-corrected chi connectivity index (χ2v) is 2.78. The average Bonchev–Trinajstić information content (AvgIpc) is 1.81. The van der Waals surface area contributed by atoms with Gasteiger partial charge in [0.05, 0.1) is 13.2 Å². The van der Waals surface area contributed by atoms with Crippen molar-refractivity contribution in [3.8, 4) is 0 Å². The van der Waals surface area contributed by atoms with Crippen molar-refractivity contribution >= 4 is 7.82 Å². The normalized spacial score (nSPS) is 11.4. The summed E-state index contributed by atoms with van der Waals surface area (Å²) in [6.45, 7) is -1.25. The molecule has 8 heteroatoms. The van der Waals surface area contributed by atoms with Crippen molar-refractivity contribution in [3.05, 3.63) is 0 Å². The van der Waals surface area contributed by atoms with E-state index in [9.17, 15) is 4.57 Å². The first-order valence-corrected chi connectivity index (χ1v) is 3.98. The van der Waals surface area contributed by atoms with Crippen LogP contribution in [-0.2, 0) is 9.09 Å². The first-order chi connectivity index (χ1) is 4.49. The lowest BCUT2D eigenvalue weighted by Gasteiger charge is -2.11. The summed E-state index contributed by atoms with van der Waals surface area (Å²) in [4.78, 5) is 16.2. The minimum Gasteiger partial charge on any atom is -0.412 e. The molecule has 0 saturated carbocycles. The Morgan fingerprint density at radius 3 is 1.73 bits per heavy atom. The first-order valence-electron chi connectivity index (χ1n) is 2.45. The van der Waals surface area contributed by atoms with Crippen molar-refractivity contribution < 1.29 is 34.6 Å². The second-order valence-electron chi connectivity index (χ2n) is 1.58. The molecular weight excluding hydrogens is 179 g/mol. The van der Waals surface area contributed by atoms with E-state index in [1.54, 1.807) is 0 Å². The fourth-order valence-electron chi connectivity index (χ4n) is 0.319. The number of phosphoric ester groups is 1. The predicted octanol–water partition coefficient (Wildman–Crippen LogP) is -2.38. The molecule has 11 heavy (non-hydrogen) atoms. The third-order valence-electron chi connectivity index (χ3n) is 0.694. The smallest absolute Gasteiger partial charge is 0.412 e. The van der Waals surface area contributed by atoms with Crippen LogP contribution in [-0.4, -0.2) is 44.8 Å². The van der Waals surface area contributed by atoms with Gasteiger partial charge in [-0.25, -0.2) is 4.57 Å². The van der Waals surface area contributed by atoms with E-state index in [1.807, 2.05) is 0 Å². The van der Waals surface area contributed by atoms with Crippen LogP contribution < -0.4 is 0 Å². The molecule has 0 aliphatic carbocycles.